The molecule has 24 heavy (non-hydrogen) atoms. The molecule has 2 heteroatoms. The molecule has 0 saturated heterocycles. The summed E-state index contributed by atoms with van der Waals surface area (Å²) in [4.78, 5) is 0. The second-order valence-electron chi connectivity index (χ2n) is 6.44. The van der Waals surface area contributed by atoms with Crippen LogP contribution in [0.4, 0.5) is 0 Å². The van der Waals surface area contributed by atoms with Crippen LogP contribution in [0.1, 0.15) is 22.6 Å². The first-order valence-electron chi connectivity index (χ1n) is 8.45. The first-order valence-corrected chi connectivity index (χ1v) is 8.45. The zero-order valence-corrected chi connectivity index (χ0v) is 13.6. The molecule has 2 N–H and O–H groups in total. The fourth-order valence-electron chi connectivity index (χ4n) is 3.54. The molecule has 0 unspecified atom stereocenters. The summed E-state index contributed by atoms with van der Waals surface area (Å²) < 4.78 is 5.86. The minimum Gasteiger partial charge on any atom is -0.457 e. The van der Waals surface area contributed by atoms with Crippen LogP contribution in [0.2, 0.25) is 0 Å². The molecule has 0 aromatic heterocycles. The minimum absolute atomic E-state index is 0.211. The molecule has 0 heterocycles. The highest BCUT2D eigenvalue weighted by molar-refractivity contribution is 5.40. The maximum Gasteiger partial charge on any atom is 0.127 e. The molecular weight excluding hydrogens is 294 g/mol. The van der Waals surface area contributed by atoms with Crippen LogP contribution >= 0.6 is 0 Å². The second-order valence-corrected chi connectivity index (χ2v) is 6.44. The molecule has 1 aliphatic carbocycles. The minimum atomic E-state index is 0.211. The van der Waals surface area contributed by atoms with Crippen LogP contribution in [0.5, 0.6) is 11.5 Å². The van der Waals surface area contributed by atoms with Crippen molar-refractivity contribution in [3.05, 3.63) is 95.6 Å². The van der Waals surface area contributed by atoms with E-state index in [1.54, 1.807) is 0 Å². The average molecular weight is 315 g/mol. The molecule has 0 spiro atoms. The smallest absolute Gasteiger partial charge is 0.127 e. The van der Waals surface area contributed by atoms with Gasteiger partial charge in [0.05, 0.1) is 0 Å². The lowest BCUT2D eigenvalue weighted by Gasteiger charge is -2.17. The van der Waals surface area contributed by atoms with Crippen molar-refractivity contribution in [2.45, 2.75) is 24.8 Å². The summed E-state index contributed by atoms with van der Waals surface area (Å²) in [7, 11) is 0. The van der Waals surface area contributed by atoms with Gasteiger partial charge >= 0.3 is 0 Å². The molecule has 0 aliphatic heterocycles. The number of fused-ring (bicyclic) bond motifs is 1. The summed E-state index contributed by atoms with van der Waals surface area (Å²) in [6, 6.07) is 27.1. The van der Waals surface area contributed by atoms with Gasteiger partial charge in [-0.3, -0.25) is 0 Å². The summed E-state index contributed by atoms with van der Waals surface area (Å²) in [5.41, 5.74) is 10.5. The van der Waals surface area contributed by atoms with Crippen LogP contribution in [-0.4, -0.2) is 6.04 Å². The van der Waals surface area contributed by atoms with Gasteiger partial charge in [-0.25, -0.2) is 0 Å². The Bertz CT molecular complexity index is 811. The largest absolute Gasteiger partial charge is 0.457 e. The Morgan fingerprint density at radius 3 is 2.25 bits per heavy atom. The molecule has 0 fully saturated rings. The van der Waals surface area contributed by atoms with Crippen LogP contribution in [0, 0.1) is 0 Å². The van der Waals surface area contributed by atoms with Gasteiger partial charge in [-0.15, -0.1) is 0 Å². The molecule has 0 bridgehead atoms. The quantitative estimate of drug-likeness (QED) is 0.758. The van der Waals surface area contributed by atoms with Gasteiger partial charge in [0, 0.05) is 12.0 Å². The topological polar surface area (TPSA) is 35.2 Å². The van der Waals surface area contributed by atoms with E-state index in [4.69, 9.17) is 10.5 Å². The number of para-hydroxylation sites is 1. The van der Waals surface area contributed by atoms with Gasteiger partial charge in [0.1, 0.15) is 11.5 Å². The van der Waals surface area contributed by atoms with Gasteiger partial charge in [-0.05, 0) is 53.8 Å². The zero-order chi connectivity index (χ0) is 16.4. The normalized spacial score (nSPS) is 19.0. The lowest BCUT2D eigenvalue weighted by Crippen LogP contribution is -2.26. The lowest BCUT2D eigenvalue weighted by molar-refractivity contribution is 0.482. The fourth-order valence-corrected chi connectivity index (χ4v) is 3.54. The predicted octanol–water partition coefficient (Wildman–Crippen LogP) is 4.69. The number of ether oxygens (including phenoxy) is 1. The molecule has 0 saturated carbocycles. The monoisotopic (exact) mass is 315 g/mol. The zero-order valence-electron chi connectivity index (χ0n) is 13.6. The molecule has 120 valence electrons. The van der Waals surface area contributed by atoms with Gasteiger partial charge in [0.25, 0.3) is 0 Å². The van der Waals surface area contributed by atoms with Gasteiger partial charge in [-0.2, -0.15) is 0 Å². The Morgan fingerprint density at radius 2 is 1.46 bits per heavy atom. The van der Waals surface area contributed by atoms with Gasteiger partial charge in [0.2, 0.25) is 0 Å². The van der Waals surface area contributed by atoms with E-state index in [9.17, 15) is 0 Å². The van der Waals surface area contributed by atoms with E-state index in [1.165, 1.54) is 16.7 Å². The van der Waals surface area contributed by atoms with E-state index in [0.717, 1.165) is 24.3 Å². The number of hydrogen-bond acceptors (Lipinski definition) is 2. The third-order valence-electron chi connectivity index (χ3n) is 4.78. The van der Waals surface area contributed by atoms with Crippen molar-refractivity contribution in [2.75, 3.05) is 0 Å². The van der Waals surface area contributed by atoms with Crippen molar-refractivity contribution in [1.29, 1.82) is 0 Å². The second kappa shape index (κ2) is 6.50. The van der Waals surface area contributed by atoms with E-state index in [2.05, 4.69) is 36.4 Å². The van der Waals surface area contributed by atoms with E-state index >= 15 is 0 Å². The van der Waals surface area contributed by atoms with Crippen LogP contribution in [0.15, 0.2) is 78.9 Å². The van der Waals surface area contributed by atoms with Crippen molar-refractivity contribution in [3.8, 4) is 11.5 Å². The summed E-state index contributed by atoms with van der Waals surface area (Å²) >= 11 is 0. The Labute approximate surface area is 142 Å². The van der Waals surface area contributed by atoms with E-state index in [0.29, 0.717) is 5.92 Å². The molecular formula is C22H21NO. The standard InChI is InChI=1S/C22H21NO/c23-22-15-17-6-4-5-9-20(17)21(22)14-16-10-12-19(13-11-16)24-18-7-2-1-3-8-18/h1-13,21-22H,14-15,23H2/t21-,22+/m1/s1. The summed E-state index contributed by atoms with van der Waals surface area (Å²) in [6.45, 7) is 0. The van der Waals surface area contributed by atoms with Crippen molar-refractivity contribution in [2.24, 2.45) is 5.73 Å². The summed E-state index contributed by atoms with van der Waals surface area (Å²) in [5, 5.41) is 0. The van der Waals surface area contributed by atoms with Crippen molar-refractivity contribution in [3.63, 3.8) is 0 Å². The Balaban J connectivity index is 1.48. The maximum atomic E-state index is 6.38. The van der Waals surface area contributed by atoms with Gasteiger partial charge in [0.15, 0.2) is 0 Å². The van der Waals surface area contributed by atoms with Crippen molar-refractivity contribution >= 4 is 0 Å². The van der Waals surface area contributed by atoms with E-state index < -0.39 is 0 Å². The molecule has 3 aromatic carbocycles. The van der Waals surface area contributed by atoms with Gasteiger partial charge in [-0.1, -0.05) is 54.6 Å². The number of hydrogen-bond donors (Lipinski definition) is 1. The Kier molecular flexibility index (Phi) is 4.06. The first kappa shape index (κ1) is 15.0. The molecule has 4 rings (SSSR count). The lowest BCUT2D eigenvalue weighted by atomic mass is 9.91. The Hall–Kier alpha value is -2.58. The molecule has 2 nitrogen and oxygen atoms in total. The fraction of sp³-hybridized carbons (Fsp3) is 0.182. The number of benzene rings is 3. The third kappa shape index (κ3) is 3.06. The highest BCUT2D eigenvalue weighted by Crippen LogP contribution is 2.35. The predicted molar refractivity (Wildman–Crippen MR) is 97.5 cm³/mol. The maximum absolute atomic E-state index is 6.38. The number of nitrogens with two attached hydrogens (primary N) is 1. The Morgan fingerprint density at radius 1 is 0.792 bits per heavy atom. The summed E-state index contributed by atoms with van der Waals surface area (Å²) in [5.74, 6) is 2.13. The molecule has 1 aliphatic rings. The van der Waals surface area contributed by atoms with E-state index in [-0.39, 0.29) is 6.04 Å². The molecule has 0 amide bonds. The highest BCUT2D eigenvalue weighted by atomic mass is 16.5. The van der Waals surface area contributed by atoms with Crippen molar-refractivity contribution in [1.82, 2.24) is 0 Å². The first-order chi connectivity index (χ1) is 11.8. The molecule has 3 aromatic rings. The average Bonchev–Trinajstić information content (AvgIpc) is 2.93. The SMILES string of the molecule is N[C@H]1Cc2ccccc2[C@H]1Cc1ccc(Oc2ccccc2)cc1. The molecule has 2 atom stereocenters. The van der Waals surface area contributed by atoms with Crippen LogP contribution < -0.4 is 10.5 Å². The van der Waals surface area contributed by atoms with Crippen molar-refractivity contribution < 1.29 is 4.74 Å². The van der Waals surface area contributed by atoms with Gasteiger partial charge < -0.3 is 10.5 Å². The van der Waals surface area contributed by atoms with Crippen LogP contribution in [-0.2, 0) is 12.8 Å². The highest BCUT2D eigenvalue weighted by Gasteiger charge is 2.29. The van der Waals surface area contributed by atoms with Crippen LogP contribution in [0.25, 0.3) is 0 Å². The summed E-state index contributed by atoms with van der Waals surface area (Å²) in [6.07, 6.45) is 1.96. The van der Waals surface area contributed by atoms with Crippen LogP contribution in [0.3, 0.4) is 0 Å². The van der Waals surface area contributed by atoms with E-state index in [1.807, 2.05) is 42.5 Å². The number of rotatable bonds is 4. The third-order valence-corrected chi connectivity index (χ3v) is 4.78. The molecule has 0 radical (unpaired) electrons.